The van der Waals surface area contributed by atoms with Gasteiger partial charge in [0.05, 0.1) is 48.7 Å². The molecular formula is C34H32BrN5O4. The lowest BCUT2D eigenvalue weighted by atomic mass is 10.0. The molecule has 2 N–H and O–H groups in total. The second kappa shape index (κ2) is 12.9. The topological polar surface area (TPSA) is 115 Å². The van der Waals surface area contributed by atoms with Crippen molar-refractivity contribution >= 4 is 55.8 Å². The van der Waals surface area contributed by atoms with E-state index in [0.29, 0.717) is 28.3 Å². The fourth-order valence-corrected chi connectivity index (χ4v) is 5.87. The van der Waals surface area contributed by atoms with E-state index in [-0.39, 0.29) is 24.3 Å². The maximum absolute atomic E-state index is 14.6. The van der Waals surface area contributed by atoms with Crippen LogP contribution in [-0.2, 0) is 16.1 Å². The van der Waals surface area contributed by atoms with Gasteiger partial charge in [-0.15, -0.1) is 0 Å². The van der Waals surface area contributed by atoms with Gasteiger partial charge in [-0.2, -0.15) is 5.26 Å². The lowest BCUT2D eigenvalue weighted by Gasteiger charge is -2.32. The molecule has 0 aliphatic carbocycles. The number of ether oxygens (including phenoxy) is 1. The Bertz CT molecular complexity index is 1790. The molecule has 0 spiro atoms. The number of benzene rings is 4. The smallest absolute Gasteiger partial charge is 0.258 e. The Morgan fingerprint density at radius 3 is 2.41 bits per heavy atom. The molecule has 3 unspecified atom stereocenters. The summed E-state index contributed by atoms with van der Waals surface area (Å²) in [6.07, 6.45) is 0. The lowest BCUT2D eigenvalue weighted by molar-refractivity contribution is -0.128. The van der Waals surface area contributed by atoms with Crippen molar-refractivity contribution in [3.63, 3.8) is 0 Å². The minimum atomic E-state index is -1.08. The highest BCUT2D eigenvalue weighted by Crippen LogP contribution is 2.39. The third-order valence-corrected chi connectivity index (χ3v) is 8.54. The number of carbonyl (C=O) groups is 3. The molecule has 3 amide bonds. The second-order valence-corrected chi connectivity index (χ2v) is 11.5. The Kier molecular flexibility index (Phi) is 8.99. The number of nitriles is 1. The zero-order valence-electron chi connectivity index (χ0n) is 24.8. The number of nitrogens with one attached hydrogen (secondary N) is 2. The number of fused-ring (bicyclic) bond motifs is 2. The average molecular weight is 655 g/mol. The number of hydrogen-bond donors (Lipinski definition) is 2. The molecule has 0 fully saturated rings. The van der Waals surface area contributed by atoms with Gasteiger partial charge in [-0.3, -0.25) is 14.4 Å². The van der Waals surface area contributed by atoms with Crippen LogP contribution in [0, 0.1) is 11.3 Å². The van der Waals surface area contributed by atoms with Crippen molar-refractivity contribution in [2.45, 2.75) is 38.5 Å². The second-order valence-electron chi connectivity index (χ2n) is 10.6. The molecule has 4 aromatic rings. The number of likely N-dealkylation sites (N-methyl/N-ethyl adjacent to an activating group) is 1. The van der Waals surface area contributed by atoms with Crippen molar-refractivity contribution in [2.75, 3.05) is 24.0 Å². The monoisotopic (exact) mass is 653 g/mol. The van der Waals surface area contributed by atoms with E-state index in [4.69, 9.17) is 4.74 Å². The number of carbonyl (C=O) groups excluding carboxylic acids is 3. The van der Waals surface area contributed by atoms with Crippen molar-refractivity contribution in [3.8, 4) is 11.8 Å². The quantitative estimate of drug-likeness (QED) is 0.285. The normalized spacial score (nSPS) is 17.0. The highest BCUT2D eigenvalue weighted by Gasteiger charge is 2.43. The van der Waals surface area contributed by atoms with Gasteiger partial charge >= 0.3 is 0 Å². The summed E-state index contributed by atoms with van der Waals surface area (Å²) in [5, 5.41) is 17.0. The Labute approximate surface area is 264 Å². The van der Waals surface area contributed by atoms with E-state index < -0.39 is 18.1 Å². The maximum Gasteiger partial charge on any atom is 0.258 e. The summed E-state index contributed by atoms with van der Waals surface area (Å²) in [7, 11) is 3.25. The molecule has 0 radical (unpaired) electrons. The predicted octanol–water partition coefficient (Wildman–Crippen LogP) is 5.16. The summed E-state index contributed by atoms with van der Waals surface area (Å²) >= 11 is 3.54. The third-order valence-electron chi connectivity index (χ3n) is 8.04. The first-order valence-electron chi connectivity index (χ1n) is 14.1. The average Bonchev–Trinajstić information content (AvgIpc) is 3.12. The van der Waals surface area contributed by atoms with Crippen LogP contribution < -0.4 is 25.2 Å². The fraction of sp³-hybridized carbons (Fsp3) is 0.235. The van der Waals surface area contributed by atoms with Crippen LogP contribution in [0.15, 0.2) is 83.3 Å². The van der Waals surface area contributed by atoms with E-state index >= 15 is 0 Å². The van der Waals surface area contributed by atoms with Gasteiger partial charge in [-0.05, 0) is 86.3 Å². The summed E-state index contributed by atoms with van der Waals surface area (Å²) in [6, 6.07) is 23.0. The molecule has 224 valence electrons. The van der Waals surface area contributed by atoms with Gasteiger partial charge in [0, 0.05) is 15.6 Å². The molecule has 3 atom stereocenters. The molecule has 0 saturated heterocycles. The lowest BCUT2D eigenvalue weighted by Crippen LogP contribution is -2.59. The fourth-order valence-electron chi connectivity index (χ4n) is 5.49. The molecule has 10 heteroatoms. The zero-order chi connectivity index (χ0) is 31.5. The van der Waals surface area contributed by atoms with Crippen LogP contribution in [-0.4, -0.2) is 50.0 Å². The number of anilines is 2. The highest BCUT2D eigenvalue weighted by atomic mass is 79.9. The Balaban J connectivity index is 1.69. The molecule has 5 rings (SSSR count). The number of nitrogens with zero attached hydrogens (tertiary/aromatic N) is 3. The summed E-state index contributed by atoms with van der Waals surface area (Å²) < 4.78 is 6.68. The Morgan fingerprint density at radius 2 is 1.75 bits per heavy atom. The van der Waals surface area contributed by atoms with E-state index in [1.165, 1.54) is 0 Å². The summed E-state index contributed by atoms with van der Waals surface area (Å²) in [4.78, 5) is 45.2. The van der Waals surface area contributed by atoms with Crippen LogP contribution in [0.4, 0.5) is 11.4 Å². The largest absolute Gasteiger partial charge is 0.496 e. The molecule has 44 heavy (non-hydrogen) atoms. The summed E-state index contributed by atoms with van der Waals surface area (Å²) in [5.74, 6) is -0.496. The minimum absolute atomic E-state index is 0.123. The minimum Gasteiger partial charge on any atom is -0.496 e. The number of rotatable bonds is 7. The van der Waals surface area contributed by atoms with Crippen molar-refractivity contribution in [3.05, 3.63) is 100 Å². The van der Waals surface area contributed by atoms with Gasteiger partial charge in [-0.1, -0.05) is 40.2 Å². The Morgan fingerprint density at radius 1 is 1.05 bits per heavy atom. The maximum atomic E-state index is 14.6. The predicted molar refractivity (Wildman–Crippen MR) is 174 cm³/mol. The van der Waals surface area contributed by atoms with Gasteiger partial charge in [-0.25, -0.2) is 0 Å². The molecule has 4 aromatic carbocycles. The molecule has 0 saturated carbocycles. The number of hydrogen-bond acceptors (Lipinski definition) is 6. The number of para-hydroxylation sites is 2. The van der Waals surface area contributed by atoms with Crippen LogP contribution in [0.1, 0.15) is 35.3 Å². The van der Waals surface area contributed by atoms with Crippen LogP contribution in [0.3, 0.4) is 0 Å². The number of halogens is 1. The van der Waals surface area contributed by atoms with Gasteiger partial charge in [0.15, 0.2) is 0 Å². The summed E-state index contributed by atoms with van der Waals surface area (Å²) in [6.45, 7) is 3.58. The van der Waals surface area contributed by atoms with Crippen LogP contribution >= 0.6 is 15.9 Å². The molecule has 9 nitrogen and oxygen atoms in total. The SMILES string of the molecule is CNC(C)C(=O)NC1C(=O)N(Cc2c(OC)ccc3cc(Br)ccc23)c2ccccc2N(C(=O)c2ccc(C#N)cc2)C1C. The van der Waals surface area contributed by atoms with Crippen molar-refractivity contribution in [1.29, 1.82) is 5.26 Å². The molecule has 0 aromatic heterocycles. The number of methoxy groups -OCH3 is 1. The molecule has 1 aliphatic heterocycles. The first kappa shape index (κ1) is 30.7. The van der Waals surface area contributed by atoms with Crippen LogP contribution in [0.2, 0.25) is 0 Å². The van der Waals surface area contributed by atoms with E-state index in [2.05, 4.69) is 32.6 Å². The van der Waals surface area contributed by atoms with E-state index in [1.807, 2.05) is 42.5 Å². The van der Waals surface area contributed by atoms with Gasteiger partial charge < -0.3 is 25.2 Å². The van der Waals surface area contributed by atoms with Gasteiger partial charge in [0.2, 0.25) is 5.91 Å². The van der Waals surface area contributed by atoms with Crippen molar-refractivity contribution in [1.82, 2.24) is 10.6 Å². The van der Waals surface area contributed by atoms with E-state index in [0.717, 1.165) is 20.8 Å². The van der Waals surface area contributed by atoms with Crippen LogP contribution in [0.25, 0.3) is 10.8 Å². The first-order chi connectivity index (χ1) is 21.2. The summed E-state index contributed by atoms with van der Waals surface area (Å²) in [5.41, 5.74) is 2.59. The number of amides is 3. The molecular weight excluding hydrogens is 622 g/mol. The zero-order valence-corrected chi connectivity index (χ0v) is 26.4. The van der Waals surface area contributed by atoms with Crippen LogP contribution in [0.5, 0.6) is 5.75 Å². The first-order valence-corrected chi connectivity index (χ1v) is 14.9. The van der Waals surface area contributed by atoms with Crippen molar-refractivity contribution in [2.24, 2.45) is 0 Å². The molecule has 0 bridgehead atoms. The van der Waals surface area contributed by atoms with Crippen molar-refractivity contribution < 1.29 is 19.1 Å². The third kappa shape index (κ3) is 5.76. The standard InChI is InChI=1S/C34H32BrN5O4/c1-20(37-3)32(41)38-31-21(2)40(33(42)23-11-9-22(18-36)10-12-23)29-8-6-5-7-28(29)39(34(31)43)19-27-26-15-14-25(35)17-24(26)13-16-30(27)44-4/h5-17,20-21,31,37H,19H2,1-4H3,(H,38,41). The van der Waals surface area contributed by atoms with Gasteiger partial charge in [0.1, 0.15) is 11.8 Å². The van der Waals surface area contributed by atoms with E-state index in [9.17, 15) is 19.6 Å². The van der Waals surface area contributed by atoms with E-state index in [1.54, 1.807) is 74.2 Å². The highest BCUT2D eigenvalue weighted by molar-refractivity contribution is 9.10. The molecule has 1 heterocycles. The molecule has 1 aliphatic rings. The van der Waals surface area contributed by atoms with Gasteiger partial charge in [0.25, 0.3) is 11.8 Å². The Hall–Kier alpha value is -4.72.